The second-order valence-corrected chi connectivity index (χ2v) is 7.00. The summed E-state index contributed by atoms with van der Waals surface area (Å²) in [6, 6.07) is 20.7. The Morgan fingerprint density at radius 2 is 1.04 bits per heavy atom. The lowest BCUT2D eigenvalue weighted by Crippen LogP contribution is -2.11. The van der Waals surface area contributed by atoms with Crippen LogP contribution >= 0.6 is 23.2 Å². The predicted octanol–water partition coefficient (Wildman–Crippen LogP) is 5.48. The molecule has 124 valence electrons. The van der Waals surface area contributed by atoms with E-state index in [9.17, 15) is 0 Å². The quantitative estimate of drug-likeness (QED) is 0.407. The van der Waals surface area contributed by atoms with Crippen molar-refractivity contribution in [3.8, 4) is 0 Å². The first kappa shape index (κ1) is 18.3. The Bertz CT molecular complexity index is 480. The van der Waals surface area contributed by atoms with Crippen LogP contribution in [-0.4, -0.2) is 24.0 Å². The highest BCUT2D eigenvalue weighted by Crippen LogP contribution is 2.13. The standard InChI is InChI=1S/C20H24Cl2O/c21-19(15-17-7-3-1-4-8-17)11-13-23-14-12-20(22)16-18-9-5-2-6-10-18/h1-10,19-20H,11-16H2. The second kappa shape index (κ2) is 10.7. The molecule has 0 aliphatic carbocycles. The number of alkyl halides is 2. The van der Waals surface area contributed by atoms with Gasteiger partial charge in [-0.1, -0.05) is 60.7 Å². The molecule has 23 heavy (non-hydrogen) atoms. The normalized spacial score (nSPS) is 13.7. The first-order valence-electron chi connectivity index (χ1n) is 8.18. The van der Waals surface area contributed by atoms with Gasteiger partial charge in [0.15, 0.2) is 0 Å². The topological polar surface area (TPSA) is 9.23 Å². The van der Waals surface area contributed by atoms with Gasteiger partial charge < -0.3 is 4.74 Å². The molecule has 2 atom stereocenters. The van der Waals surface area contributed by atoms with Gasteiger partial charge in [0.05, 0.1) is 0 Å². The Kier molecular flexibility index (Phi) is 8.52. The molecule has 2 unspecified atom stereocenters. The molecule has 0 aromatic heterocycles. The van der Waals surface area contributed by atoms with Gasteiger partial charge in [-0.3, -0.25) is 0 Å². The number of hydrogen-bond donors (Lipinski definition) is 0. The van der Waals surface area contributed by atoms with Gasteiger partial charge in [0.1, 0.15) is 0 Å². The third-order valence-corrected chi connectivity index (χ3v) is 4.50. The molecule has 1 nitrogen and oxygen atoms in total. The molecule has 0 N–H and O–H groups in total. The van der Waals surface area contributed by atoms with Crippen LogP contribution < -0.4 is 0 Å². The van der Waals surface area contributed by atoms with E-state index in [1.165, 1.54) is 11.1 Å². The van der Waals surface area contributed by atoms with Gasteiger partial charge in [-0.2, -0.15) is 0 Å². The van der Waals surface area contributed by atoms with E-state index in [0.717, 1.165) is 25.7 Å². The zero-order chi connectivity index (χ0) is 16.3. The Balaban J connectivity index is 1.53. The molecule has 0 bridgehead atoms. The molecule has 0 saturated heterocycles. The zero-order valence-electron chi connectivity index (χ0n) is 13.3. The minimum absolute atomic E-state index is 0.119. The number of benzene rings is 2. The van der Waals surface area contributed by atoms with Crippen LogP contribution in [0.25, 0.3) is 0 Å². The van der Waals surface area contributed by atoms with Crippen LogP contribution in [0.5, 0.6) is 0 Å². The van der Waals surface area contributed by atoms with Crippen LogP contribution in [0.4, 0.5) is 0 Å². The van der Waals surface area contributed by atoms with Crippen molar-refractivity contribution in [2.24, 2.45) is 0 Å². The van der Waals surface area contributed by atoms with Gasteiger partial charge in [-0.05, 0) is 36.8 Å². The summed E-state index contributed by atoms with van der Waals surface area (Å²) in [5, 5.41) is 0.238. The first-order valence-corrected chi connectivity index (χ1v) is 9.05. The van der Waals surface area contributed by atoms with Gasteiger partial charge >= 0.3 is 0 Å². The molecule has 2 aromatic carbocycles. The number of rotatable bonds is 10. The zero-order valence-corrected chi connectivity index (χ0v) is 14.8. The molecular weight excluding hydrogens is 327 g/mol. The number of halogens is 2. The summed E-state index contributed by atoms with van der Waals surface area (Å²) in [5.74, 6) is 0. The van der Waals surface area contributed by atoms with Gasteiger partial charge in [0.25, 0.3) is 0 Å². The summed E-state index contributed by atoms with van der Waals surface area (Å²) < 4.78 is 5.68. The van der Waals surface area contributed by atoms with Crippen molar-refractivity contribution in [1.29, 1.82) is 0 Å². The summed E-state index contributed by atoms with van der Waals surface area (Å²) in [4.78, 5) is 0. The minimum Gasteiger partial charge on any atom is -0.381 e. The SMILES string of the molecule is ClC(CCOCCC(Cl)Cc1ccccc1)Cc1ccccc1. The second-order valence-electron chi connectivity index (χ2n) is 5.76. The lowest BCUT2D eigenvalue weighted by atomic mass is 10.1. The maximum atomic E-state index is 6.36. The van der Waals surface area contributed by atoms with Crippen molar-refractivity contribution in [2.75, 3.05) is 13.2 Å². The van der Waals surface area contributed by atoms with E-state index in [1.54, 1.807) is 0 Å². The third-order valence-electron chi connectivity index (χ3n) is 3.75. The molecule has 0 aliphatic heterocycles. The highest BCUT2D eigenvalue weighted by molar-refractivity contribution is 6.21. The van der Waals surface area contributed by atoms with Crippen molar-refractivity contribution >= 4 is 23.2 Å². The van der Waals surface area contributed by atoms with E-state index >= 15 is 0 Å². The average Bonchev–Trinajstić information content (AvgIpc) is 2.56. The van der Waals surface area contributed by atoms with Crippen LogP contribution in [0.2, 0.25) is 0 Å². The smallest absolute Gasteiger partial charge is 0.0480 e. The van der Waals surface area contributed by atoms with Crippen LogP contribution in [0.15, 0.2) is 60.7 Å². The van der Waals surface area contributed by atoms with E-state index in [0.29, 0.717) is 13.2 Å². The summed E-state index contributed by atoms with van der Waals surface area (Å²) in [7, 11) is 0. The molecule has 0 amide bonds. The molecule has 0 radical (unpaired) electrons. The van der Waals surface area contributed by atoms with Crippen molar-refractivity contribution in [3.63, 3.8) is 0 Å². The van der Waals surface area contributed by atoms with Crippen LogP contribution in [0.1, 0.15) is 24.0 Å². The summed E-state index contributed by atoms with van der Waals surface area (Å²) >= 11 is 12.7. The fourth-order valence-electron chi connectivity index (χ4n) is 2.47. The first-order chi connectivity index (χ1) is 11.2. The largest absolute Gasteiger partial charge is 0.381 e. The maximum absolute atomic E-state index is 6.36. The molecule has 0 heterocycles. The van der Waals surface area contributed by atoms with Gasteiger partial charge in [-0.15, -0.1) is 23.2 Å². The van der Waals surface area contributed by atoms with Crippen LogP contribution in [0, 0.1) is 0 Å². The van der Waals surface area contributed by atoms with Crippen molar-refractivity contribution < 1.29 is 4.74 Å². The predicted molar refractivity (Wildman–Crippen MR) is 99.6 cm³/mol. The van der Waals surface area contributed by atoms with Crippen LogP contribution in [0.3, 0.4) is 0 Å². The van der Waals surface area contributed by atoms with Gasteiger partial charge in [0.2, 0.25) is 0 Å². The van der Waals surface area contributed by atoms with Crippen molar-refractivity contribution in [1.82, 2.24) is 0 Å². The highest BCUT2D eigenvalue weighted by Gasteiger charge is 2.08. The lowest BCUT2D eigenvalue weighted by molar-refractivity contribution is 0.128. The Labute approximate surface area is 149 Å². The Morgan fingerprint density at radius 1 is 0.652 bits per heavy atom. The number of ether oxygens (including phenoxy) is 1. The van der Waals surface area contributed by atoms with E-state index < -0.39 is 0 Å². The minimum atomic E-state index is 0.119. The Hall–Kier alpha value is -1.02. The fraction of sp³-hybridized carbons (Fsp3) is 0.400. The molecule has 0 spiro atoms. The molecule has 2 rings (SSSR count). The van der Waals surface area contributed by atoms with E-state index in [1.807, 2.05) is 36.4 Å². The van der Waals surface area contributed by atoms with Crippen molar-refractivity contribution in [2.45, 2.75) is 36.4 Å². The van der Waals surface area contributed by atoms with E-state index in [-0.39, 0.29) is 10.8 Å². The van der Waals surface area contributed by atoms with E-state index in [2.05, 4.69) is 24.3 Å². The van der Waals surface area contributed by atoms with Crippen molar-refractivity contribution in [3.05, 3.63) is 71.8 Å². The average molecular weight is 351 g/mol. The monoisotopic (exact) mass is 350 g/mol. The summed E-state index contributed by atoms with van der Waals surface area (Å²) in [6.07, 6.45) is 3.50. The van der Waals surface area contributed by atoms with Gasteiger partial charge in [0, 0.05) is 24.0 Å². The van der Waals surface area contributed by atoms with Crippen LogP contribution in [-0.2, 0) is 17.6 Å². The Morgan fingerprint density at radius 3 is 1.43 bits per heavy atom. The summed E-state index contributed by atoms with van der Waals surface area (Å²) in [5.41, 5.74) is 2.55. The fourth-order valence-corrected chi connectivity index (χ4v) is 3.00. The lowest BCUT2D eigenvalue weighted by Gasteiger charge is -2.12. The van der Waals surface area contributed by atoms with Gasteiger partial charge in [-0.25, -0.2) is 0 Å². The molecule has 3 heteroatoms. The summed E-state index contributed by atoms with van der Waals surface area (Å²) in [6.45, 7) is 1.38. The number of hydrogen-bond acceptors (Lipinski definition) is 1. The van der Waals surface area contributed by atoms with E-state index in [4.69, 9.17) is 27.9 Å². The highest BCUT2D eigenvalue weighted by atomic mass is 35.5. The maximum Gasteiger partial charge on any atom is 0.0480 e. The molecule has 0 aliphatic rings. The molecule has 2 aromatic rings. The molecule has 0 fully saturated rings. The molecular formula is C20H24Cl2O. The molecule has 0 saturated carbocycles. The third kappa shape index (κ3) is 7.87.